The molecule has 1 atom stereocenters. The summed E-state index contributed by atoms with van der Waals surface area (Å²) < 4.78 is 5.91. The number of carbonyl (C=O) groups excluding carboxylic acids is 1. The topological polar surface area (TPSA) is 49.8 Å². The van der Waals surface area contributed by atoms with Crippen molar-refractivity contribution in [1.29, 1.82) is 0 Å². The van der Waals surface area contributed by atoms with Gasteiger partial charge >= 0.3 is 0 Å². The van der Waals surface area contributed by atoms with E-state index in [1.807, 2.05) is 12.1 Å². The van der Waals surface area contributed by atoms with Gasteiger partial charge in [0.05, 0.1) is 5.69 Å². The van der Waals surface area contributed by atoms with E-state index < -0.39 is 6.10 Å². The van der Waals surface area contributed by atoms with Gasteiger partial charge in [0.2, 0.25) is 0 Å². The molecule has 0 saturated heterocycles. The fraction of sp³-hybridized carbons (Fsp3) is 0.316. The van der Waals surface area contributed by atoms with Crippen molar-refractivity contribution in [2.24, 2.45) is 0 Å². The summed E-state index contributed by atoms with van der Waals surface area (Å²) in [6.45, 7) is 4.29. The van der Waals surface area contributed by atoms with Crippen molar-refractivity contribution >= 4 is 11.6 Å². The van der Waals surface area contributed by atoms with Crippen LogP contribution in [0.3, 0.4) is 0 Å². The molecule has 1 aliphatic rings. The van der Waals surface area contributed by atoms with Gasteiger partial charge in [0.1, 0.15) is 11.5 Å². The molecule has 4 heteroatoms. The lowest BCUT2D eigenvalue weighted by Crippen LogP contribution is -2.45. The van der Waals surface area contributed by atoms with Crippen LogP contribution in [0.1, 0.15) is 30.9 Å². The molecule has 0 fully saturated rings. The second-order valence-electron chi connectivity index (χ2n) is 6.21. The van der Waals surface area contributed by atoms with Crippen molar-refractivity contribution < 1.29 is 14.6 Å². The van der Waals surface area contributed by atoms with Crippen molar-refractivity contribution in [3.63, 3.8) is 0 Å². The van der Waals surface area contributed by atoms with E-state index in [1.54, 1.807) is 30.1 Å². The quantitative estimate of drug-likeness (QED) is 0.944. The SMILES string of the molecule is CC(C)c1ccccc1CC1Oc2ccc(O)cc2N(C)C1=O. The first kappa shape index (κ1) is 15.4. The first-order chi connectivity index (χ1) is 11.0. The van der Waals surface area contributed by atoms with Crippen molar-refractivity contribution in [3.8, 4) is 11.5 Å². The first-order valence-corrected chi connectivity index (χ1v) is 7.82. The summed E-state index contributed by atoms with van der Waals surface area (Å²) in [6, 6.07) is 13.0. The van der Waals surface area contributed by atoms with Crippen LogP contribution in [-0.2, 0) is 11.2 Å². The molecule has 2 aromatic rings. The maximum absolute atomic E-state index is 12.6. The standard InChI is InChI=1S/C19H21NO3/c1-12(2)15-7-5-4-6-13(15)10-18-19(22)20(3)16-11-14(21)8-9-17(16)23-18/h4-9,11-12,18,21H,10H2,1-3H3. The predicted octanol–water partition coefficient (Wildman–Crippen LogP) is 3.48. The number of aromatic hydroxyl groups is 1. The second-order valence-corrected chi connectivity index (χ2v) is 6.21. The van der Waals surface area contributed by atoms with Crippen LogP contribution < -0.4 is 9.64 Å². The number of likely N-dealkylation sites (N-methyl/N-ethyl adjacent to an activating group) is 1. The maximum atomic E-state index is 12.6. The van der Waals surface area contributed by atoms with Gasteiger partial charge in [0, 0.05) is 19.5 Å². The number of nitrogens with zero attached hydrogens (tertiary/aromatic N) is 1. The Morgan fingerprint density at radius 2 is 1.96 bits per heavy atom. The molecule has 120 valence electrons. The summed E-state index contributed by atoms with van der Waals surface area (Å²) in [7, 11) is 1.71. The number of rotatable bonds is 3. The van der Waals surface area contributed by atoms with E-state index in [4.69, 9.17) is 4.74 Å². The van der Waals surface area contributed by atoms with Crippen molar-refractivity contribution in [3.05, 3.63) is 53.6 Å². The molecule has 4 nitrogen and oxygen atoms in total. The summed E-state index contributed by atoms with van der Waals surface area (Å²) in [5.41, 5.74) is 2.97. The number of benzene rings is 2. The zero-order valence-electron chi connectivity index (χ0n) is 13.6. The van der Waals surface area contributed by atoms with E-state index in [9.17, 15) is 9.90 Å². The summed E-state index contributed by atoms with van der Waals surface area (Å²) >= 11 is 0. The second kappa shape index (κ2) is 5.95. The molecule has 2 aromatic carbocycles. The van der Waals surface area contributed by atoms with Crippen LogP contribution in [0.5, 0.6) is 11.5 Å². The number of hydrogen-bond donors (Lipinski definition) is 1. The number of fused-ring (bicyclic) bond motifs is 1. The lowest BCUT2D eigenvalue weighted by Gasteiger charge is -2.32. The third kappa shape index (κ3) is 2.89. The van der Waals surface area contributed by atoms with Gasteiger partial charge in [-0.15, -0.1) is 0 Å². The molecule has 1 heterocycles. The van der Waals surface area contributed by atoms with Crippen LogP contribution in [0.25, 0.3) is 0 Å². The molecule has 0 aromatic heterocycles. The highest BCUT2D eigenvalue weighted by atomic mass is 16.5. The van der Waals surface area contributed by atoms with Gasteiger partial charge in [-0.05, 0) is 29.2 Å². The van der Waals surface area contributed by atoms with Crippen molar-refractivity contribution in [1.82, 2.24) is 0 Å². The normalized spacial score (nSPS) is 17.1. The Morgan fingerprint density at radius 1 is 1.22 bits per heavy atom. The summed E-state index contributed by atoms with van der Waals surface area (Å²) in [5.74, 6) is 1.04. The Labute approximate surface area is 136 Å². The van der Waals surface area contributed by atoms with E-state index in [2.05, 4.69) is 26.0 Å². The third-order valence-electron chi connectivity index (χ3n) is 4.26. The van der Waals surface area contributed by atoms with Gasteiger partial charge in [0.25, 0.3) is 5.91 Å². The van der Waals surface area contributed by atoms with Crippen LogP contribution in [0, 0.1) is 0 Å². The molecule has 0 saturated carbocycles. The van der Waals surface area contributed by atoms with Crippen LogP contribution in [0.2, 0.25) is 0 Å². The lowest BCUT2D eigenvalue weighted by molar-refractivity contribution is -0.125. The Hall–Kier alpha value is -2.49. The molecule has 3 rings (SSSR count). The largest absolute Gasteiger partial charge is 0.508 e. The number of hydrogen-bond acceptors (Lipinski definition) is 3. The number of ether oxygens (including phenoxy) is 1. The van der Waals surface area contributed by atoms with Crippen LogP contribution in [0.4, 0.5) is 5.69 Å². The van der Waals surface area contributed by atoms with Crippen LogP contribution in [-0.4, -0.2) is 24.2 Å². The van der Waals surface area contributed by atoms with Crippen molar-refractivity contribution in [2.45, 2.75) is 32.3 Å². The van der Waals surface area contributed by atoms with Crippen LogP contribution >= 0.6 is 0 Å². The Morgan fingerprint density at radius 3 is 2.70 bits per heavy atom. The lowest BCUT2D eigenvalue weighted by atomic mass is 9.93. The van der Waals surface area contributed by atoms with E-state index in [0.717, 1.165) is 5.56 Å². The third-order valence-corrected chi connectivity index (χ3v) is 4.26. The van der Waals surface area contributed by atoms with Crippen LogP contribution in [0.15, 0.2) is 42.5 Å². The zero-order chi connectivity index (χ0) is 16.6. The van der Waals surface area contributed by atoms with E-state index in [1.165, 1.54) is 5.56 Å². The average Bonchev–Trinajstić information content (AvgIpc) is 2.53. The van der Waals surface area contributed by atoms with Gasteiger partial charge in [0.15, 0.2) is 6.10 Å². The highest BCUT2D eigenvalue weighted by molar-refractivity contribution is 5.99. The Balaban J connectivity index is 1.91. The molecule has 1 unspecified atom stereocenters. The van der Waals surface area contributed by atoms with Gasteiger partial charge in [-0.3, -0.25) is 4.79 Å². The predicted molar refractivity (Wildman–Crippen MR) is 90.2 cm³/mol. The minimum atomic E-state index is -0.544. The first-order valence-electron chi connectivity index (χ1n) is 7.82. The Bertz CT molecular complexity index is 739. The Kier molecular flexibility index (Phi) is 3.99. The number of amides is 1. The summed E-state index contributed by atoms with van der Waals surface area (Å²) in [4.78, 5) is 14.2. The monoisotopic (exact) mass is 311 g/mol. The molecule has 0 spiro atoms. The highest BCUT2D eigenvalue weighted by Crippen LogP contribution is 2.36. The van der Waals surface area contributed by atoms with Gasteiger partial charge in [-0.2, -0.15) is 0 Å². The molecule has 0 bridgehead atoms. The average molecular weight is 311 g/mol. The number of phenolic OH excluding ortho intramolecular Hbond substituents is 1. The maximum Gasteiger partial charge on any atom is 0.268 e. The minimum absolute atomic E-state index is 0.0957. The number of anilines is 1. The number of phenols is 1. The minimum Gasteiger partial charge on any atom is -0.508 e. The molecule has 1 amide bonds. The van der Waals surface area contributed by atoms with E-state index in [-0.39, 0.29) is 11.7 Å². The van der Waals surface area contributed by atoms with E-state index >= 15 is 0 Å². The molecule has 1 aliphatic heterocycles. The van der Waals surface area contributed by atoms with Gasteiger partial charge in [-0.25, -0.2) is 0 Å². The summed E-state index contributed by atoms with van der Waals surface area (Å²) in [5, 5.41) is 9.60. The zero-order valence-corrected chi connectivity index (χ0v) is 13.6. The summed E-state index contributed by atoms with van der Waals surface area (Å²) in [6.07, 6.45) is -0.00497. The molecule has 0 aliphatic carbocycles. The fourth-order valence-corrected chi connectivity index (χ4v) is 3.02. The molecule has 0 radical (unpaired) electrons. The van der Waals surface area contributed by atoms with E-state index in [0.29, 0.717) is 23.8 Å². The highest BCUT2D eigenvalue weighted by Gasteiger charge is 2.33. The molecule has 1 N–H and O–H groups in total. The molecular weight excluding hydrogens is 290 g/mol. The van der Waals surface area contributed by atoms with Crippen molar-refractivity contribution in [2.75, 3.05) is 11.9 Å². The van der Waals surface area contributed by atoms with Gasteiger partial charge in [-0.1, -0.05) is 38.1 Å². The molecule has 23 heavy (non-hydrogen) atoms. The molecular formula is C19H21NO3. The number of carbonyl (C=O) groups is 1. The van der Waals surface area contributed by atoms with Gasteiger partial charge < -0.3 is 14.7 Å². The smallest absolute Gasteiger partial charge is 0.268 e. The fourth-order valence-electron chi connectivity index (χ4n) is 3.02.